The molecule has 9 heteroatoms. The number of nitrogens with one attached hydrogen (secondary N) is 1. The van der Waals surface area contributed by atoms with Crippen molar-refractivity contribution in [1.82, 2.24) is 15.0 Å². The summed E-state index contributed by atoms with van der Waals surface area (Å²) < 4.78 is 39.1. The van der Waals surface area contributed by atoms with Gasteiger partial charge in [0.1, 0.15) is 5.69 Å². The molecular formula is C23H15F3N4O2. The van der Waals surface area contributed by atoms with Crippen LogP contribution in [0.15, 0.2) is 54.9 Å². The summed E-state index contributed by atoms with van der Waals surface area (Å²) in [7, 11) is 0. The van der Waals surface area contributed by atoms with Crippen LogP contribution in [0.4, 0.5) is 24.5 Å². The van der Waals surface area contributed by atoms with E-state index in [1.165, 1.54) is 6.20 Å². The summed E-state index contributed by atoms with van der Waals surface area (Å²) in [6.07, 6.45) is -3.05. The number of nitrogens with zero attached hydrogens (tertiary/aromatic N) is 3. The van der Waals surface area contributed by atoms with Gasteiger partial charge in [-0.1, -0.05) is 18.2 Å². The molecule has 0 aliphatic heterocycles. The van der Waals surface area contributed by atoms with Crippen LogP contribution in [0.5, 0.6) is 0 Å². The van der Waals surface area contributed by atoms with Crippen molar-refractivity contribution in [2.24, 2.45) is 0 Å². The summed E-state index contributed by atoms with van der Waals surface area (Å²) in [5.74, 6) is -1.97. The van der Waals surface area contributed by atoms with Crippen molar-refractivity contribution in [3.05, 3.63) is 77.5 Å². The molecule has 6 nitrogen and oxygen atoms in total. The van der Waals surface area contributed by atoms with Gasteiger partial charge in [0.05, 0.1) is 17.2 Å². The van der Waals surface area contributed by atoms with E-state index in [2.05, 4.69) is 20.3 Å². The van der Waals surface area contributed by atoms with Gasteiger partial charge in [-0.3, -0.25) is 9.78 Å². The molecule has 2 N–H and O–H groups in total. The standard InChI is InChI=1S/C23H15F3N4O2/c1-11(31)13-4-2-3-5-18(13)29-12-6-7-17-14(8-12)19-15-9-28-22(23(24,25)26)30-20(15)21(32)16(19)10-27-17/h2-11,29,31H,1H3. The van der Waals surface area contributed by atoms with Crippen LogP contribution < -0.4 is 5.32 Å². The second-order valence-electron chi connectivity index (χ2n) is 7.45. The predicted octanol–water partition coefficient (Wildman–Crippen LogP) is 5.05. The Morgan fingerprint density at radius 1 is 1.03 bits per heavy atom. The molecular weight excluding hydrogens is 421 g/mol. The van der Waals surface area contributed by atoms with E-state index < -0.39 is 23.9 Å². The van der Waals surface area contributed by atoms with Crippen LogP contribution in [0.2, 0.25) is 0 Å². The van der Waals surface area contributed by atoms with Gasteiger partial charge in [-0.05, 0) is 31.2 Å². The maximum atomic E-state index is 13.0. The first-order chi connectivity index (χ1) is 15.2. The number of aliphatic hydroxyl groups excluding tert-OH is 1. The number of aliphatic hydroxyl groups is 1. The molecule has 1 unspecified atom stereocenters. The second-order valence-corrected chi connectivity index (χ2v) is 7.45. The first kappa shape index (κ1) is 20.1. The Balaban J connectivity index is 1.65. The van der Waals surface area contributed by atoms with E-state index in [4.69, 9.17) is 0 Å². The molecule has 0 radical (unpaired) electrons. The minimum absolute atomic E-state index is 0.183. The topological polar surface area (TPSA) is 88.0 Å². The summed E-state index contributed by atoms with van der Waals surface area (Å²) in [4.78, 5) is 24.0. The predicted molar refractivity (Wildman–Crippen MR) is 112 cm³/mol. The van der Waals surface area contributed by atoms with Gasteiger partial charge in [0.15, 0.2) is 0 Å². The number of rotatable bonds is 3. The third kappa shape index (κ3) is 3.18. The van der Waals surface area contributed by atoms with Crippen LogP contribution in [0, 0.1) is 0 Å². The number of halogens is 3. The second kappa shape index (κ2) is 7.10. The Morgan fingerprint density at radius 2 is 1.78 bits per heavy atom. The number of para-hydroxylation sites is 1. The molecule has 0 saturated heterocycles. The highest BCUT2D eigenvalue weighted by Crippen LogP contribution is 2.41. The van der Waals surface area contributed by atoms with Crippen LogP contribution in [-0.4, -0.2) is 25.8 Å². The summed E-state index contributed by atoms with van der Waals surface area (Å²) in [6, 6.07) is 12.6. The lowest BCUT2D eigenvalue weighted by Gasteiger charge is -2.15. The van der Waals surface area contributed by atoms with E-state index in [-0.39, 0.29) is 16.8 Å². The van der Waals surface area contributed by atoms with Gasteiger partial charge in [0.25, 0.3) is 0 Å². The molecule has 1 atom stereocenters. The minimum Gasteiger partial charge on any atom is -0.389 e. The minimum atomic E-state index is -4.75. The molecule has 32 heavy (non-hydrogen) atoms. The Morgan fingerprint density at radius 3 is 2.53 bits per heavy atom. The highest BCUT2D eigenvalue weighted by molar-refractivity contribution is 6.24. The molecule has 0 saturated carbocycles. The number of ketones is 1. The Kier molecular flexibility index (Phi) is 4.45. The van der Waals surface area contributed by atoms with E-state index in [0.717, 1.165) is 6.20 Å². The fraction of sp³-hybridized carbons (Fsp3) is 0.130. The number of alkyl halides is 3. The van der Waals surface area contributed by atoms with E-state index in [0.29, 0.717) is 33.4 Å². The summed E-state index contributed by atoms with van der Waals surface area (Å²) in [6.45, 7) is 1.66. The highest BCUT2D eigenvalue weighted by Gasteiger charge is 2.38. The molecule has 2 heterocycles. The number of carbonyl (C=O) groups excluding carboxylic acids is 1. The number of carbonyl (C=O) groups is 1. The lowest BCUT2D eigenvalue weighted by atomic mass is 10.0. The van der Waals surface area contributed by atoms with E-state index in [1.807, 2.05) is 18.2 Å². The maximum absolute atomic E-state index is 13.0. The third-order valence-electron chi connectivity index (χ3n) is 5.33. The average molecular weight is 436 g/mol. The molecule has 5 rings (SSSR count). The lowest BCUT2D eigenvalue weighted by Crippen LogP contribution is -2.13. The van der Waals surface area contributed by atoms with Crippen molar-refractivity contribution in [1.29, 1.82) is 0 Å². The molecule has 0 fully saturated rings. The van der Waals surface area contributed by atoms with Gasteiger partial charge in [0.2, 0.25) is 11.6 Å². The molecule has 2 aromatic heterocycles. The average Bonchev–Trinajstić information content (AvgIpc) is 3.05. The number of hydrogen-bond acceptors (Lipinski definition) is 6. The van der Waals surface area contributed by atoms with Crippen molar-refractivity contribution in [3.8, 4) is 11.1 Å². The molecule has 1 aliphatic rings. The molecule has 0 bridgehead atoms. The number of anilines is 2. The number of benzene rings is 2. The molecule has 2 aromatic carbocycles. The fourth-order valence-electron chi connectivity index (χ4n) is 3.87. The van der Waals surface area contributed by atoms with Gasteiger partial charge < -0.3 is 10.4 Å². The largest absolute Gasteiger partial charge is 0.451 e. The van der Waals surface area contributed by atoms with Gasteiger partial charge in [-0.15, -0.1) is 0 Å². The van der Waals surface area contributed by atoms with Gasteiger partial charge in [-0.25, -0.2) is 9.97 Å². The SMILES string of the molecule is CC(O)c1ccccc1Nc1ccc2ncc3c(c2c1)-c1cnc(C(F)(F)F)nc1C3=O. The normalized spacial score (nSPS) is 13.7. The number of pyridine rings is 1. The van der Waals surface area contributed by atoms with Crippen molar-refractivity contribution in [2.75, 3.05) is 5.32 Å². The number of aromatic nitrogens is 3. The molecule has 4 aromatic rings. The Labute approximate surface area is 179 Å². The fourth-order valence-corrected chi connectivity index (χ4v) is 3.87. The highest BCUT2D eigenvalue weighted by atomic mass is 19.4. The summed E-state index contributed by atoms with van der Waals surface area (Å²) in [5.41, 5.74) is 3.24. The van der Waals surface area contributed by atoms with Gasteiger partial charge >= 0.3 is 6.18 Å². The molecule has 160 valence electrons. The van der Waals surface area contributed by atoms with Crippen LogP contribution >= 0.6 is 0 Å². The maximum Gasteiger partial charge on any atom is 0.451 e. The quantitative estimate of drug-likeness (QED) is 0.412. The zero-order valence-electron chi connectivity index (χ0n) is 16.6. The zero-order chi connectivity index (χ0) is 22.6. The van der Waals surface area contributed by atoms with Crippen molar-refractivity contribution >= 4 is 28.1 Å². The third-order valence-corrected chi connectivity index (χ3v) is 5.33. The van der Waals surface area contributed by atoms with Gasteiger partial charge in [-0.2, -0.15) is 13.2 Å². The first-order valence-electron chi connectivity index (χ1n) is 9.70. The molecule has 1 aliphatic carbocycles. The van der Waals surface area contributed by atoms with E-state index in [1.54, 1.807) is 31.2 Å². The zero-order valence-corrected chi connectivity index (χ0v) is 16.6. The monoisotopic (exact) mass is 436 g/mol. The van der Waals surface area contributed by atoms with Crippen molar-refractivity contribution in [3.63, 3.8) is 0 Å². The molecule has 0 amide bonds. The smallest absolute Gasteiger partial charge is 0.389 e. The Hall–Kier alpha value is -3.85. The summed E-state index contributed by atoms with van der Waals surface area (Å²) in [5, 5.41) is 13.8. The van der Waals surface area contributed by atoms with Crippen LogP contribution in [0.25, 0.3) is 22.0 Å². The van der Waals surface area contributed by atoms with Crippen molar-refractivity contribution in [2.45, 2.75) is 19.2 Å². The summed E-state index contributed by atoms with van der Waals surface area (Å²) >= 11 is 0. The van der Waals surface area contributed by atoms with Crippen molar-refractivity contribution < 1.29 is 23.1 Å². The molecule has 0 spiro atoms. The number of hydrogen-bond donors (Lipinski definition) is 2. The Bertz CT molecular complexity index is 1400. The number of fused-ring (bicyclic) bond motifs is 5. The lowest BCUT2D eigenvalue weighted by molar-refractivity contribution is -0.145. The van der Waals surface area contributed by atoms with E-state index >= 15 is 0 Å². The van der Waals surface area contributed by atoms with Gasteiger partial charge in [0, 0.05) is 45.8 Å². The van der Waals surface area contributed by atoms with E-state index in [9.17, 15) is 23.1 Å². The van der Waals surface area contributed by atoms with Crippen LogP contribution in [0.3, 0.4) is 0 Å². The van der Waals surface area contributed by atoms with Crippen LogP contribution in [0.1, 0.15) is 40.5 Å². The first-order valence-corrected chi connectivity index (χ1v) is 9.70. The van der Waals surface area contributed by atoms with Crippen LogP contribution in [-0.2, 0) is 6.18 Å².